The lowest BCUT2D eigenvalue weighted by atomic mass is 10.1. The molecule has 4 nitrogen and oxygen atoms in total. The predicted octanol–water partition coefficient (Wildman–Crippen LogP) is 3.46. The van der Waals surface area contributed by atoms with Crippen LogP contribution in [-0.4, -0.2) is 34.4 Å². The molecule has 1 aliphatic rings. The fourth-order valence-electron chi connectivity index (χ4n) is 2.69. The molecule has 1 aliphatic heterocycles. The van der Waals surface area contributed by atoms with Gasteiger partial charge in [-0.05, 0) is 43.2 Å². The first-order valence-corrected chi connectivity index (χ1v) is 9.03. The maximum atomic E-state index is 12.7. The van der Waals surface area contributed by atoms with Gasteiger partial charge in [0.05, 0.1) is 5.88 Å². The van der Waals surface area contributed by atoms with Gasteiger partial charge in [0.1, 0.15) is 6.04 Å². The van der Waals surface area contributed by atoms with Gasteiger partial charge in [0.2, 0.25) is 5.91 Å². The quantitative estimate of drug-likeness (QED) is 0.931. The van der Waals surface area contributed by atoms with Crippen LogP contribution in [0, 0.1) is 13.8 Å². The minimum absolute atomic E-state index is 0.0956. The standard InChI is InChI=1S/C19H20N2O2S/c1-13-8-9-14(2)16(10-13)20-18(22)17-11-24-12-21(17)19(23)15-6-4-3-5-7-15/h3-10,17H,11-12H2,1-2H3,(H,20,22). The van der Waals surface area contributed by atoms with Gasteiger partial charge in [-0.1, -0.05) is 30.3 Å². The van der Waals surface area contributed by atoms with E-state index in [2.05, 4.69) is 5.32 Å². The van der Waals surface area contributed by atoms with E-state index in [-0.39, 0.29) is 11.8 Å². The number of carbonyl (C=O) groups is 2. The fourth-order valence-corrected chi connectivity index (χ4v) is 3.85. The van der Waals surface area contributed by atoms with E-state index < -0.39 is 6.04 Å². The van der Waals surface area contributed by atoms with Crippen molar-refractivity contribution in [1.29, 1.82) is 0 Å². The number of rotatable bonds is 3. The lowest BCUT2D eigenvalue weighted by Crippen LogP contribution is -2.44. The Morgan fingerprint density at radius 1 is 1.12 bits per heavy atom. The zero-order valence-electron chi connectivity index (χ0n) is 13.8. The first-order chi connectivity index (χ1) is 11.6. The molecule has 1 saturated heterocycles. The van der Waals surface area contributed by atoms with Gasteiger partial charge in [-0.25, -0.2) is 0 Å². The summed E-state index contributed by atoms with van der Waals surface area (Å²) in [6.07, 6.45) is 0. The molecule has 2 amide bonds. The highest BCUT2D eigenvalue weighted by Crippen LogP contribution is 2.25. The van der Waals surface area contributed by atoms with E-state index in [9.17, 15) is 9.59 Å². The third-order valence-corrected chi connectivity index (χ3v) is 5.13. The van der Waals surface area contributed by atoms with Crippen molar-refractivity contribution >= 4 is 29.3 Å². The number of aryl methyl sites for hydroxylation is 2. The Kier molecular flexibility index (Phi) is 4.90. The highest BCUT2D eigenvalue weighted by atomic mass is 32.2. The highest BCUT2D eigenvalue weighted by molar-refractivity contribution is 7.99. The number of hydrogen-bond acceptors (Lipinski definition) is 3. The zero-order valence-corrected chi connectivity index (χ0v) is 14.6. The summed E-state index contributed by atoms with van der Waals surface area (Å²) in [5.74, 6) is 0.938. The average molecular weight is 340 g/mol. The molecule has 2 aromatic carbocycles. The Balaban J connectivity index is 1.76. The maximum absolute atomic E-state index is 12.7. The smallest absolute Gasteiger partial charge is 0.255 e. The number of hydrogen-bond donors (Lipinski definition) is 1. The lowest BCUT2D eigenvalue weighted by Gasteiger charge is -2.23. The van der Waals surface area contributed by atoms with E-state index >= 15 is 0 Å². The van der Waals surface area contributed by atoms with Gasteiger partial charge in [0.15, 0.2) is 0 Å². The van der Waals surface area contributed by atoms with Crippen molar-refractivity contribution in [3.63, 3.8) is 0 Å². The van der Waals surface area contributed by atoms with Crippen LogP contribution in [0.15, 0.2) is 48.5 Å². The molecule has 0 spiro atoms. The van der Waals surface area contributed by atoms with Crippen LogP contribution in [0.2, 0.25) is 0 Å². The molecule has 0 aromatic heterocycles. The van der Waals surface area contributed by atoms with E-state index in [0.717, 1.165) is 16.8 Å². The van der Waals surface area contributed by atoms with Gasteiger partial charge in [-0.15, -0.1) is 11.8 Å². The van der Waals surface area contributed by atoms with Crippen molar-refractivity contribution in [3.05, 3.63) is 65.2 Å². The van der Waals surface area contributed by atoms with Crippen LogP contribution in [0.4, 0.5) is 5.69 Å². The van der Waals surface area contributed by atoms with Crippen LogP contribution < -0.4 is 5.32 Å². The molecule has 5 heteroatoms. The molecular weight excluding hydrogens is 320 g/mol. The topological polar surface area (TPSA) is 49.4 Å². The molecule has 0 radical (unpaired) electrons. The Hall–Kier alpha value is -2.27. The molecule has 0 saturated carbocycles. The van der Waals surface area contributed by atoms with Gasteiger partial charge in [-0.2, -0.15) is 0 Å². The first kappa shape index (κ1) is 16.6. The van der Waals surface area contributed by atoms with Crippen molar-refractivity contribution in [1.82, 2.24) is 4.90 Å². The monoisotopic (exact) mass is 340 g/mol. The second-order valence-electron chi connectivity index (χ2n) is 5.96. The number of nitrogens with one attached hydrogen (secondary N) is 1. The molecule has 2 aromatic rings. The Morgan fingerprint density at radius 3 is 2.62 bits per heavy atom. The summed E-state index contributed by atoms with van der Waals surface area (Å²) < 4.78 is 0. The molecule has 3 rings (SSSR count). The van der Waals surface area contributed by atoms with Gasteiger partial charge < -0.3 is 10.2 Å². The molecule has 0 bridgehead atoms. The molecule has 0 aliphatic carbocycles. The van der Waals surface area contributed by atoms with Gasteiger partial charge in [0, 0.05) is 17.0 Å². The van der Waals surface area contributed by atoms with Crippen LogP contribution in [-0.2, 0) is 4.79 Å². The summed E-state index contributed by atoms with van der Waals surface area (Å²) in [7, 11) is 0. The van der Waals surface area contributed by atoms with E-state index in [0.29, 0.717) is 17.2 Å². The summed E-state index contributed by atoms with van der Waals surface area (Å²) in [6, 6.07) is 14.6. The van der Waals surface area contributed by atoms with Gasteiger partial charge >= 0.3 is 0 Å². The maximum Gasteiger partial charge on any atom is 0.255 e. The third kappa shape index (κ3) is 3.46. The van der Waals surface area contributed by atoms with Crippen LogP contribution in [0.5, 0.6) is 0 Å². The second-order valence-corrected chi connectivity index (χ2v) is 6.96. The molecule has 1 heterocycles. The molecule has 1 fully saturated rings. The molecule has 1 unspecified atom stereocenters. The average Bonchev–Trinajstić information content (AvgIpc) is 3.08. The Bertz CT molecular complexity index is 761. The summed E-state index contributed by atoms with van der Waals surface area (Å²) in [6.45, 7) is 3.96. The minimum atomic E-state index is -0.442. The SMILES string of the molecule is Cc1ccc(C)c(NC(=O)C2CSCN2C(=O)c2ccccc2)c1. The third-order valence-electron chi connectivity index (χ3n) is 4.12. The van der Waals surface area contributed by atoms with Crippen LogP contribution in [0.25, 0.3) is 0 Å². The van der Waals surface area contributed by atoms with Crippen molar-refractivity contribution in [3.8, 4) is 0 Å². The van der Waals surface area contributed by atoms with Gasteiger partial charge in [0.25, 0.3) is 5.91 Å². The Morgan fingerprint density at radius 2 is 1.88 bits per heavy atom. The number of anilines is 1. The molecular formula is C19H20N2O2S. The largest absolute Gasteiger partial charge is 0.324 e. The van der Waals surface area contributed by atoms with Crippen molar-refractivity contribution in [2.24, 2.45) is 0 Å². The zero-order chi connectivity index (χ0) is 17.1. The van der Waals surface area contributed by atoms with Crippen LogP contribution in [0.1, 0.15) is 21.5 Å². The fraction of sp³-hybridized carbons (Fsp3) is 0.263. The van der Waals surface area contributed by atoms with Crippen molar-refractivity contribution in [2.75, 3.05) is 16.9 Å². The number of carbonyl (C=O) groups excluding carboxylic acids is 2. The van der Waals surface area contributed by atoms with Crippen LogP contribution in [0.3, 0.4) is 0 Å². The molecule has 1 N–H and O–H groups in total. The summed E-state index contributed by atoms with van der Waals surface area (Å²) >= 11 is 1.60. The van der Waals surface area contributed by atoms with E-state index in [1.807, 2.05) is 50.2 Å². The van der Waals surface area contributed by atoms with Crippen molar-refractivity contribution in [2.45, 2.75) is 19.9 Å². The highest BCUT2D eigenvalue weighted by Gasteiger charge is 2.35. The lowest BCUT2D eigenvalue weighted by molar-refractivity contribution is -0.119. The second kappa shape index (κ2) is 7.09. The van der Waals surface area contributed by atoms with E-state index in [1.54, 1.807) is 28.8 Å². The van der Waals surface area contributed by atoms with Gasteiger partial charge in [-0.3, -0.25) is 9.59 Å². The molecule has 1 atom stereocenters. The normalized spacial score (nSPS) is 16.9. The molecule has 124 valence electrons. The Labute approximate surface area is 146 Å². The number of thioether (sulfide) groups is 1. The van der Waals surface area contributed by atoms with E-state index in [1.165, 1.54) is 0 Å². The first-order valence-electron chi connectivity index (χ1n) is 7.88. The summed E-state index contributed by atoms with van der Waals surface area (Å²) in [5.41, 5.74) is 3.53. The van der Waals surface area contributed by atoms with Crippen molar-refractivity contribution < 1.29 is 9.59 Å². The summed E-state index contributed by atoms with van der Waals surface area (Å²) in [4.78, 5) is 27.0. The molecule has 24 heavy (non-hydrogen) atoms. The number of amides is 2. The summed E-state index contributed by atoms with van der Waals surface area (Å²) in [5, 5.41) is 2.98. The number of nitrogens with zero attached hydrogens (tertiary/aromatic N) is 1. The number of benzene rings is 2. The van der Waals surface area contributed by atoms with Crippen LogP contribution >= 0.6 is 11.8 Å². The predicted molar refractivity (Wildman–Crippen MR) is 98.3 cm³/mol. The minimum Gasteiger partial charge on any atom is -0.324 e. The van der Waals surface area contributed by atoms with E-state index in [4.69, 9.17) is 0 Å².